The number of halogens is 1. The Morgan fingerprint density at radius 2 is 2.12 bits per heavy atom. The number of rotatable bonds is 6. The van der Waals surface area contributed by atoms with Gasteiger partial charge in [0.1, 0.15) is 4.92 Å². The van der Waals surface area contributed by atoms with E-state index in [-0.39, 0.29) is 24.2 Å². The molecule has 0 spiro atoms. The molecule has 0 radical (unpaired) electrons. The zero-order valence-corrected chi connectivity index (χ0v) is 14.9. The van der Waals surface area contributed by atoms with Crippen molar-refractivity contribution in [1.29, 1.82) is 0 Å². The van der Waals surface area contributed by atoms with Crippen molar-refractivity contribution in [2.45, 2.75) is 6.04 Å². The average molecular weight is 388 g/mol. The molecule has 1 unspecified atom stereocenters. The number of amides is 1. The van der Waals surface area contributed by atoms with Crippen LogP contribution in [-0.4, -0.2) is 48.6 Å². The van der Waals surface area contributed by atoms with Gasteiger partial charge in [-0.3, -0.25) is 19.8 Å². The lowest BCUT2D eigenvalue weighted by Gasteiger charge is -2.34. The van der Waals surface area contributed by atoms with Crippen molar-refractivity contribution in [3.8, 4) is 0 Å². The normalized spacial score (nSPS) is 16.0. The van der Waals surface area contributed by atoms with Crippen LogP contribution in [0.15, 0.2) is 34.1 Å². The van der Waals surface area contributed by atoms with Gasteiger partial charge in [-0.25, -0.2) is 0 Å². The highest BCUT2D eigenvalue weighted by molar-refractivity contribution is 7.10. The Morgan fingerprint density at radius 3 is 2.72 bits per heavy atom. The van der Waals surface area contributed by atoms with Crippen LogP contribution >= 0.6 is 23.7 Å². The molecule has 0 aliphatic carbocycles. The van der Waals surface area contributed by atoms with Crippen molar-refractivity contribution in [3.05, 3.63) is 50.4 Å². The molecule has 136 valence electrons. The Kier molecular flexibility index (Phi) is 6.94. The molecule has 0 saturated carbocycles. The number of ether oxygens (including phenoxy) is 1. The third kappa shape index (κ3) is 4.79. The van der Waals surface area contributed by atoms with Gasteiger partial charge in [-0.2, -0.15) is 0 Å². The fourth-order valence-corrected chi connectivity index (χ4v) is 3.46. The van der Waals surface area contributed by atoms with Gasteiger partial charge in [0.05, 0.1) is 25.3 Å². The number of furan rings is 1. The van der Waals surface area contributed by atoms with Crippen LogP contribution in [0.3, 0.4) is 0 Å². The second-order valence-electron chi connectivity index (χ2n) is 5.28. The highest BCUT2D eigenvalue weighted by atomic mass is 35.5. The Labute approximate surface area is 154 Å². The molecule has 2 aromatic heterocycles. The minimum absolute atomic E-state index is 0. The SMILES string of the molecule is Cl.O=C(NCC(c1cccs1)N1CCOCC1)c1ccc([N+](=O)[O-])o1. The van der Waals surface area contributed by atoms with Crippen LogP contribution in [0.2, 0.25) is 0 Å². The van der Waals surface area contributed by atoms with E-state index in [2.05, 4.69) is 10.2 Å². The van der Waals surface area contributed by atoms with Gasteiger partial charge in [0.2, 0.25) is 0 Å². The average Bonchev–Trinajstić information content (AvgIpc) is 3.28. The summed E-state index contributed by atoms with van der Waals surface area (Å²) in [6, 6.07) is 6.54. The maximum atomic E-state index is 12.2. The van der Waals surface area contributed by atoms with E-state index in [0.29, 0.717) is 19.8 Å². The first-order valence-corrected chi connectivity index (χ1v) is 8.41. The van der Waals surface area contributed by atoms with E-state index < -0.39 is 16.7 Å². The summed E-state index contributed by atoms with van der Waals surface area (Å²) >= 11 is 1.63. The van der Waals surface area contributed by atoms with E-state index in [9.17, 15) is 14.9 Å². The summed E-state index contributed by atoms with van der Waals surface area (Å²) in [6.07, 6.45) is 0. The second-order valence-corrected chi connectivity index (χ2v) is 6.26. The number of thiophene rings is 1. The Balaban J connectivity index is 0.00000225. The predicted octanol–water partition coefficient (Wildman–Crippen LogP) is 2.47. The fraction of sp³-hybridized carbons (Fsp3) is 0.400. The van der Waals surface area contributed by atoms with Gasteiger partial charge >= 0.3 is 5.88 Å². The number of hydrogen-bond donors (Lipinski definition) is 1. The third-order valence-electron chi connectivity index (χ3n) is 3.81. The smallest absolute Gasteiger partial charge is 0.395 e. The zero-order valence-electron chi connectivity index (χ0n) is 13.3. The summed E-state index contributed by atoms with van der Waals surface area (Å²) in [4.78, 5) is 25.5. The van der Waals surface area contributed by atoms with Crippen LogP contribution in [0, 0.1) is 10.1 Å². The minimum atomic E-state index is -0.668. The van der Waals surface area contributed by atoms with Crippen LogP contribution in [-0.2, 0) is 4.74 Å². The summed E-state index contributed by atoms with van der Waals surface area (Å²) < 4.78 is 10.3. The van der Waals surface area contributed by atoms with Gasteiger partial charge < -0.3 is 14.5 Å². The Morgan fingerprint density at radius 1 is 1.36 bits per heavy atom. The highest BCUT2D eigenvalue weighted by Crippen LogP contribution is 2.25. The number of nitrogens with zero attached hydrogens (tertiary/aromatic N) is 2. The molecule has 3 heterocycles. The van der Waals surface area contributed by atoms with Crippen LogP contribution < -0.4 is 5.32 Å². The molecule has 8 nitrogen and oxygen atoms in total. The van der Waals surface area contributed by atoms with Gasteiger partial charge in [0.25, 0.3) is 5.91 Å². The summed E-state index contributed by atoms with van der Waals surface area (Å²) in [5, 5.41) is 15.4. The molecule has 1 fully saturated rings. The Hall–Kier alpha value is -1.94. The number of carbonyl (C=O) groups is 1. The highest BCUT2D eigenvalue weighted by Gasteiger charge is 2.25. The lowest BCUT2D eigenvalue weighted by Crippen LogP contribution is -2.43. The maximum Gasteiger partial charge on any atom is 0.433 e. The largest absolute Gasteiger partial charge is 0.433 e. The van der Waals surface area contributed by atoms with Gasteiger partial charge in [-0.05, 0) is 17.5 Å². The molecule has 2 aromatic rings. The third-order valence-corrected chi connectivity index (χ3v) is 4.78. The monoisotopic (exact) mass is 387 g/mol. The maximum absolute atomic E-state index is 12.2. The molecule has 1 aliphatic rings. The number of carbonyl (C=O) groups excluding carboxylic acids is 1. The Bertz CT molecular complexity index is 700. The first-order valence-electron chi connectivity index (χ1n) is 7.53. The molecule has 0 aromatic carbocycles. The van der Waals surface area contributed by atoms with Crippen molar-refractivity contribution >= 4 is 35.5 Å². The molecule has 10 heteroatoms. The van der Waals surface area contributed by atoms with Crippen LogP contribution in [0.4, 0.5) is 5.88 Å². The molecule has 1 N–H and O–H groups in total. The quantitative estimate of drug-likeness (QED) is 0.604. The van der Waals surface area contributed by atoms with Crippen molar-refractivity contribution in [2.24, 2.45) is 0 Å². The van der Waals surface area contributed by atoms with Crippen molar-refractivity contribution < 1.29 is 18.9 Å². The van der Waals surface area contributed by atoms with Crippen molar-refractivity contribution in [3.63, 3.8) is 0 Å². The molecule has 1 saturated heterocycles. The molecule has 25 heavy (non-hydrogen) atoms. The molecule has 1 amide bonds. The van der Waals surface area contributed by atoms with Crippen molar-refractivity contribution in [1.82, 2.24) is 10.2 Å². The number of hydrogen-bond acceptors (Lipinski definition) is 7. The van der Waals surface area contributed by atoms with E-state index in [0.717, 1.165) is 18.0 Å². The zero-order chi connectivity index (χ0) is 16.9. The fourth-order valence-electron chi connectivity index (χ4n) is 2.60. The van der Waals surface area contributed by atoms with E-state index in [1.54, 1.807) is 11.3 Å². The van der Waals surface area contributed by atoms with E-state index in [1.165, 1.54) is 12.1 Å². The summed E-state index contributed by atoms with van der Waals surface area (Å²) in [5.41, 5.74) is 0. The van der Waals surface area contributed by atoms with Gasteiger partial charge in [-0.1, -0.05) is 6.07 Å². The van der Waals surface area contributed by atoms with Crippen LogP contribution in [0.1, 0.15) is 21.5 Å². The van der Waals surface area contributed by atoms with E-state index in [1.807, 2.05) is 17.5 Å². The number of nitrogens with one attached hydrogen (secondary N) is 1. The summed E-state index contributed by atoms with van der Waals surface area (Å²) in [7, 11) is 0. The lowest BCUT2D eigenvalue weighted by atomic mass is 10.2. The van der Waals surface area contributed by atoms with E-state index >= 15 is 0 Å². The molecule has 0 bridgehead atoms. The summed E-state index contributed by atoms with van der Waals surface area (Å²) in [6.45, 7) is 3.32. The van der Waals surface area contributed by atoms with E-state index in [4.69, 9.17) is 9.15 Å². The molecular weight excluding hydrogens is 370 g/mol. The minimum Gasteiger partial charge on any atom is -0.395 e. The number of morpholine rings is 1. The standard InChI is InChI=1S/C15H17N3O5S.ClH/c19-15(12-3-4-14(23-12)18(20)21)16-10-11(13-2-1-9-24-13)17-5-7-22-8-6-17;/h1-4,9,11H,5-8,10H2,(H,16,19);1H. The topological polar surface area (TPSA) is 97.9 Å². The first-order chi connectivity index (χ1) is 11.6. The van der Waals surface area contributed by atoms with Crippen LogP contribution in [0.25, 0.3) is 0 Å². The van der Waals surface area contributed by atoms with Gasteiger partial charge in [-0.15, -0.1) is 23.7 Å². The van der Waals surface area contributed by atoms with Gasteiger partial charge in [0, 0.05) is 24.5 Å². The van der Waals surface area contributed by atoms with Crippen LogP contribution in [0.5, 0.6) is 0 Å². The molecular formula is C15H18ClN3O5S. The molecule has 1 atom stereocenters. The predicted molar refractivity (Wildman–Crippen MR) is 94.4 cm³/mol. The lowest BCUT2D eigenvalue weighted by molar-refractivity contribution is -0.402. The first kappa shape index (κ1) is 19.4. The summed E-state index contributed by atoms with van der Waals surface area (Å²) in [5.74, 6) is -0.963. The molecule has 3 rings (SSSR count). The molecule has 1 aliphatic heterocycles. The van der Waals surface area contributed by atoms with Crippen molar-refractivity contribution in [2.75, 3.05) is 32.8 Å². The number of nitro groups is 1. The second kappa shape index (κ2) is 8.95. The van der Waals surface area contributed by atoms with Gasteiger partial charge in [0.15, 0.2) is 5.76 Å².